The second-order valence-corrected chi connectivity index (χ2v) is 5.01. The van der Waals surface area contributed by atoms with Crippen LogP contribution >= 0.6 is 0 Å². The lowest BCUT2D eigenvalue weighted by molar-refractivity contribution is -0.139. The van der Waals surface area contributed by atoms with Crippen molar-refractivity contribution in [2.75, 3.05) is 6.54 Å². The maximum Gasteiger partial charge on any atom is 0.338 e. The first-order chi connectivity index (χ1) is 9.60. The highest BCUT2D eigenvalue weighted by Gasteiger charge is 2.31. The topological polar surface area (TPSA) is 75.6 Å². The zero-order valence-corrected chi connectivity index (χ0v) is 11.5. The molecule has 1 aromatic carbocycles. The van der Waals surface area contributed by atoms with Gasteiger partial charge in [0.25, 0.3) is 0 Å². The number of hydrogen-bond acceptors (Lipinski definition) is 4. The fourth-order valence-corrected chi connectivity index (χ4v) is 2.30. The van der Waals surface area contributed by atoms with Gasteiger partial charge < -0.3 is 15.2 Å². The van der Waals surface area contributed by atoms with Gasteiger partial charge in [0, 0.05) is 13.0 Å². The molecule has 0 unspecified atom stereocenters. The van der Waals surface area contributed by atoms with Crippen LogP contribution in [-0.2, 0) is 16.0 Å². The number of hydrogen-bond donors (Lipinski definition) is 2. The van der Waals surface area contributed by atoms with E-state index >= 15 is 0 Å². The predicted molar refractivity (Wildman–Crippen MR) is 73.7 cm³/mol. The Hall–Kier alpha value is -1.88. The number of ether oxygens (including phenoxy) is 1. The van der Waals surface area contributed by atoms with Crippen molar-refractivity contribution >= 4 is 11.9 Å². The molecule has 2 N–H and O–H groups in total. The van der Waals surface area contributed by atoms with Crippen molar-refractivity contribution in [2.24, 2.45) is 0 Å². The average Bonchev–Trinajstić information content (AvgIpc) is 2.88. The summed E-state index contributed by atoms with van der Waals surface area (Å²) in [6.07, 6.45) is 1.99. The van der Waals surface area contributed by atoms with E-state index in [0.717, 1.165) is 12.8 Å². The number of carbonyl (C=O) groups excluding carboxylic acids is 1. The Morgan fingerprint density at radius 1 is 1.35 bits per heavy atom. The number of nitrogens with one attached hydrogen (secondary N) is 1. The maximum atomic E-state index is 11.9. The molecule has 1 heterocycles. The molecule has 1 fully saturated rings. The molecular weight excluding hydrogens is 258 g/mol. The molecule has 0 amide bonds. The van der Waals surface area contributed by atoms with Crippen molar-refractivity contribution < 1.29 is 19.4 Å². The number of esters is 1. The molecule has 0 aromatic heterocycles. The van der Waals surface area contributed by atoms with Crippen LogP contribution in [-0.4, -0.2) is 35.7 Å². The molecule has 2 atom stereocenters. The summed E-state index contributed by atoms with van der Waals surface area (Å²) in [6.45, 7) is 2.49. The zero-order chi connectivity index (χ0) is 14.5. The van der Waals surface area contributed by atoms with Gasteiger partial charge in [0.15, 0.2) is 0 Å². The predicted octanol–water partition coefficient (Wildman–Crippen LogP) is 1.61. The molecule has 0 saturated carbocycles. The van der Waals surface area contributed by atoms with Crippen molar-refractivity contribution in [1.82, 2.24) is 5.32 Å². The number of aliphatic carboxylic acids is 1. The Morgan fingerprint density at radius 2 is 2.05 bits per heavy atom. The van der Waals surface area contributed by atoms with Crippen molar-refractivity contribution in [1.29, 1.82) is 0 Å². The first-order valence-electron chi connectivity index (χ1n) is 6.86. The van der Waals surface area contributed by atoms with Crippen molar-refractivity contribution in [3.05, 3.63) is 35.4 Å². The quantitative estimate of drug-likeness (QED) is 0.800. The van der Waals surface area contributed by atoms with Crippen LogP contribution in [0.3, 0.4) is 0 Å². The Labute approximate surface area is 117 Å². The molecule has 1 aromatic rings. The molecule has 1 saturated heterocycles. The van der Waals surface area contributed by atoms with Crippen molar-refractivity contribution in [2.45, 2.75) is 38.3 Å². The van der Waals surface area contributed by atoms with E-state index in [4.69, 9.17) is 9.84 Å². The molecule has 0 bridgehead atoms. The van der Waals surface area contributed by atoms with Crippen LogP contribution < -0.4 is 5.32 Å². The molecule has 20 heavy (non-hydrogen) atoms. The second-order valence-electron chi connectivity index (χ2n) is 5.01. The van der Waals surface area contributed by atoms with Crippen LogP contribution in [0.4, 0.5) is 0 Å². The Bertz CT molecular complexity index is 483. The second kappa shape index (κ2) is 6.52. The van der Waals surface area contributed by atoms with Gasteiger partial charge in [-0.05, 0) is 24.1 Å². The first-order valence-corrected chi connectivity index (χ1v) is 6.86. The zero-order valence-electron chi connectivity index (χ0n) is 11.5. The minimum atomic E-state index is -0.910. The van der Waals surface area contributed by atoms with Gasteiger partial charge in [0.1, 0.15) is 12.1 Å². The standard InChI is InChI=1S/C15H19NO4/c1-2-3-10-4-6-11(7-5-10)15(19)20-12-8-13(14(17)18)16-9-12/h4-7,12-13,16H,2-3,8-9H2,1H3,(H,17,18)/t12-,13+/m1/s1. The Kier molecular flexibility index (Phi) is 4.74. The van der Waals surface area contributed by atoms with E-state index in [1.165, 1.54) is 5.56 Å². The molecule has 108 valence electrons. The first kappa shape index (κ1) is 14.5. The fraction of sp³-hybridized carbons (Fsp3) is 0.467. The molecule has 5 heteroatoms. The lowest BCUT2D eigenvalue weighted by Crippen LogP contribution is -2.30. The van der Waals surface area contributed by atoms with E-state index in [0.29, 0.717) is 18.5 Å². The van der Waals surface area contributed by atoms with E-state index in [2.05, 4.69) is 12.2 Å². The normalized spacial score (nSPS) is 21.6. The molecule has 0 radical (unpaired) electrons. The van der Waals surface area contributed by atoms with Crippen LogP contribution in [0.2, 0.25) is 0 Å². The van der Waals surface area contributed by atoms with Gasteiger partial charge in [-0.25, -0.2) is 4.79 Å². The summed E-state index contributed by atoms with van der Waals surface area (Å²) in [7, 11) is 0. The van der Waals surface area contributed by atoms with Crippen molar-refractivity contribution in [3.63, 3.8) is 0 Å². The summed E-state index contributed by atoms with van der Waals surface area (Å²) >= 11 is 0. The van der Waals surface area contributed by atoms with E-state index in [1.807, 2.05) is 12.1 Å². The SMILES string of the molecule is CCCc1ccc(C(=O)O[C@H]2CN[C@H](C(=O)O)C2)cc1. The largest absolute Gasteiger partial charge is 0.480 e. The van der Waals surface area contributed by atoms with Gasteiger partial charge in [-0.3, -0.25) is 4.79 Å². The molecular formula is C15H19NO4. The van der Waals surface area contributed by atoms with E-state index in [9.17, 15) is 9.59 Å². The summed E-state index contributed by atoms with van der Waals surface area (Å²) in [6, 6.07) is 6.73. The number of aryl methyl sites for hydroxylation is 1. The third kappa shape index (κ3) is 3.57. The molecule has 1 aliphatic heterocycles. The monoisotopic (exact) mass is 277 g/mol. The highest BCUT2D eigenvalue weighted by molar-refractivity contribution is 5.89. The van der Waals surface area contributed by atoms with E-state index in [-0.39, 0.29) is 6.10 Å². The smallest absolute Gasteiger partial charge is 0.338 e. The van der Waals surface area contributed by atoms with E-state index < -0.39 is 18.0 Å². The minimum absolute atomic E-state index is 0.314. The average molecular weight is 277 g/mol. The Morgan fingerprint density at radius 3 is 2.60 bits per heavy atom. The summed E-state index contributed by atoms with van der Waals surface area (Å²) in [5.74, 6) is -1.31. The van der Waals surface area contributed by atoms with Gasteiger partial charge >= 0.3 is 11.9 Å². The van der Waals surface area contributed by atoms with Crippen LogP contribution in [0.25, 0.3) is 0 Å². The fourth-order valence-electron chi connectivity index (χ4n) is 2.30. The number of carbonyl (C=O) groups is 2. The third-order valence-electron chi connectivity index (χ3n) is 3.39. The van der Waals surface area contributed by atoms with E-state index in [1.54, 1.807) is 12.1 Å². The number of carboxylic acid groups (broad SMARTS) is 1. The van der Waals surface area contributed by atoms with Gasteiger partial charge in [0.05, 0.1) is 5.56 Å². The van der Waals surface area contributed by atoms with Gasteiger partial charge in [-0.1, -0.05) is 25.5 Å². The van der Waals surface area contributed by atoms with Crippen molar-refractivity contribution in [3.8, 4) is 0 Å². The molecule has 5 nitrogen and oxygen atoms in total. The third-order valence-corrected chi connectivity index (χ3v) is 3.39. The maximum absolute atomic E-state index is 11.9. The summed E-state index contributed by atoms with van der Waals surface area (Å²) in [5, 5.41) is 11.7. The summed E-state index contributed by atoms with van der Waals surface area (Å²) in [5.41, 5.74) is 1.70. The van der Waals surface area contributed by atoms with Gasteiger partial charge in [-0.2, -0.15) is 0 Å². The Balaban J connectivity index is 1.90. The minimum Gasteiger partial charge on any atom is -0.480 e. The molecule has 2 rings (SSSR count). The summed E-state index contributed by atoms with van der Waals surface area (Å²) < 4.78 is 5.31. The summed E-state index contributed by atoms with van der Waals surface area (Å²) in [4.78, 5) is 22.7. The highest BCUT2D eigenvalue weighted by Crippen LogP contribution is 2.14. The van der Waals surface area contributed by atoms with Gasteiger partial charge in [0.2, 0.25) is 0 Å². The van der Waals surface area contributed by atoms with Gasteiger partial charge in [-0.15, -0.1) is 0 Å². The molecule has 1 aliphatic rings. The van der Waals surface area contributed by atoms with Crippen LogP contribution in [0, 0.1) is 0 Å². The van der Waals surface area contributed by atoms with Crippen LogP contribution in [0.1, 0.15) is 35.7 Å². The van der Waals surface area contributed by atoms with Crippen LogP contribution in [0.15, 0.2) is 24.3 Å². The lowest BCUT2D eigenvalue weighted by Gasteiger charge is -2.11. The highest BCUT2D eigenvalue weighted by atomic mass is 16.5. The van der Waals surface area contributed by atoms with Crippen LogP contribution in [0.5, 0.6) is 0 Å². The number of rotatable bonds is 5. The molecule has 0 spiro atoms. The lowest BCUT2D eigenvalue weighted by atomic mass is 10.1. The number of benzene rings is 1. The molecule has 0 aliphatic carbocycles. The number of carboxylic acids is 1.